The minimum Gasteiger partial charge on any atom is -0.399 e. The van der Waals surface area contributed by atoms with Crippen molar-refractivity contribution >= 4 is 17.3 Å². The van der Waals surface area contributed by atoms with Gasteiger partial charge in [-0.3, -0.25) is 4.79 Å². The van der Waals surface area contributed by atoms with Crippen LogP contribution >= 0.6 is 0 Å². The van der Waals surface area contributed by atoms with Crippen molar-refractivity contribution in [2.75, 3.05) is 30.4 Å². The standard InChI is InChI=1S/C15H20N2O2/c16-13-4-3-11-2-1-7-17(14(11)10-13)15(18)12-5-8-19-9-6-12/h3-4,10,12H,1-2,5-9,16H2. The summed E-state index contributed by atoms with van der Waals surface area (Å²) in [6.45, 7) is 2.22. The molecule has 102 valence electrons. The predicted octanol–water partition coefficient (Wildman–Crippen LogP) is 1.97. The topological polar surface area (TPSA) is 55.6 Å². The third-order valence-electron chi connectivity index (χ3n) is 4.06. The molecule has 2 aliphatic rings. The third kappa shape index (κ3) is 2.45. The molecule has 4 nitrogen and oxygen atoms in total. The molecule has 1 amide bonds. The zero-order valence-corrected chi connectivity index (χ0v) is 11.1. The molecule has 0 atom stereocenters. The van der Waals surface area contributed by atoms with E-state index >= 15 is 0 Å². The summed E-state index contributed by atoms with van der Waals surface area (Å²) in [5, 5.41) is 0. The van der Waals surface area contributed by atoms with E-state index < -0.39 is 0 Å². The van der Waals surface area contributed by atoms with Gasteiger partial charge in [-0.1, -0.05) is 6.07 Å². The molecule has 0 spiro atoms. The molecular weight excluding hydrogens is 240 g/mol. The Morgan fingerprint density at radius 3 is 2.89 bits per heavy atom. The van der Waals surface area contributed by atoms with E-state index in [4.69, 9.17) is 10.5 Å². The Balaban J connectivity index is 1.86. The zero-order valence-electron chi connectivity index (χ0n) is 11.1. The highest BCUT2D eigenvalue weighted by molar-refractivity contribution is 5.96. The Bertz CT molecular complexity index is 481. The summed E-state index contributed by atoms with van der Waals surface area (Å²) in [7, 11) is 0. The molecule has 19 heavy (non-hydrogen) atoms. The number of fused-ring (bicyclic) bond motifs is 1. The van der Waals surface area contributed by atoms with Crippen LogP contribution in [0.15, 0.2) is 18.2 Å². The number of carbonyl (C=O) groups is 1. The van der Waals surface area contributed by atoms with Gasteiger partial charge in [-0.15, -0.1) is 0 Å². The molecule has 1 saturated heterocycles. The number of hydrogen-bond acceptors (Lipinski definition) is 3. The van der Waals surface area contributed by atoms with E-state index in [0.29, 0.717) is 13.2 Å². The second kappa shape index (κ2) is 5.21. The molecule has 2 N–H and O–H groups in total. The normalized spacial score (nSPS) is 20.1. The van der Waals surface area contributed by atoms with Crippen molar-refractivity contribution < 1.29 is 9.53 Å². The number of benzene rings is 1. The first-order valence-electron chi connectivity index (χ1n) is 7.03. The number of nitrogens with two attached hydrogens (primary N) is 1. The van der Waals surface area contributed by atoms with Crippen LogP contribution in [0.3, 0.4) is 0 Å². The highest BCUT2D eigenvalue weighted by Crippen LogP contribution is 2.31. The maximum atomic E-state index is 12.7. The average Bonchev–Trinajstić information content (AvgIpc) is 2.47. The zero-order chi connectivity index (χ0) is 13.2. The molecule has 1 aromatic rings. The van der Waals surface area contributed by atoms with Crippen LogP contribution in [0.25, 0.3) is 0 Å². The molecule has 4 heteroatoms. The van der Waals surface area contributed by atoms with E-state index in [1.807, 2.05) is 23.1 Å². The van der Waals surface area contributed by atoms with Crippen molar-refractivity contribution in [1.29, 1.82) is 0 Å². The number of nitrogen functional groups attached to an aromatic ring is 1. The third-order valence-corrected chi connectivity index (χ3v) is 4.06. The number of hydrogen-bond donors (Lipinski definition) is 1. The molecule has 2 heterocycles. The first-order valence-corrected chi connectivity index (χ1v) is 7.03. The fourth-order valence-electron chi connectivity index (χ4n) is 2.99. The molecule has 0 aromatic heterocycles. The number of nitrogens with zero attached hydrogens (tertiary/aromatic N) is 1. The van der Waals surface area contributed by atoms with Crippen LogP contribution in [-0.4, -0.2) is 25.7 Å². The van der Waals surface area contributed by atoms with Gasteiger partial charge < -0.3 is 15.4 Å². The molecule has 0 unspecified atom stereocenters. The maximum absolute atomic E-state index is 12.7. The first-order chi connectivity index (χ1) is 9.25. The highest BCUT2D eigenvalue weighted by Gasteiger charge is 2.29. The Hall–Kier alpha value is -1.55. The molecule has 2 aliphatic heterocycles. The van der Waals surface area contributed by atoms with E-state index in [1.54, 1.807) is 0 Å². The number of aryl methyl sites for hydroxylation is 1. The summed E-state index contributed by atoms with van der Waals surface area (Å²) in [6.07, 6.45) is 3.75. The Labute approximate surface area is 113 Å². The SMILES string of the molecule is Nc1ccc2c(c1)N(C(=O)C1CCOCC1)CCC2. The van der Waals surface area contributed by atoms with Crippen molar-refractivity contribution in [2.24, 2.45) is 5.92 Å². The lowest BCUT2D eigenvalue weighted by atomic mass is 9.95. The van der Waals surface area contributed by atoms with Crippen LogP contribution in [0, 0.1) is 5.92 Å². The second-order valence-electron chi connectivity index (χ2n) is 5.37. The van der Waals surface area contributed by atoms with E-state index in [0.717, 1.165) is 43.6 Å². The van der Waals surface area contributed by atoms with Crippen LogP contribution in [0.1, 0.15) is 24.8 Å². The fraction of sp³-hybridized carbons (Fsp3) is 0.533. The number of carbonyl (C=O) groups excluding carboxylic acids is 1. The minimum absolute atomic E-state index is 0.112. The van der Waals surface area contributed by atoms with Gasteiger partial charge in [0.05, 0.1) is 0 Å². The lowest BCUT2D eigenvalue weighted by molar-refractivity contribution is -0.125. The molecule has 0 aliphatic carbocycles. The molecule has 0 bridgehead atoms. The van der Waals surface area contributed by atoms with Crippen LogP contribution in [0.4, 0.5) is 11.4 Å². The minimum atomic E-state index is 0.112. The van der Waals surface area contributed by atoms with Gasteiger partial charge in [-0.25, -0.2) is 0 Å². The Morgan fingerprint density at radius 2 is 2.11 bits per heavy atom. The molecule has 3 rings (SSSR count). The quantitative estimate of drug-likeness (QED) is 0.785. The van der Waals surface area contributed by atoms with Crippen molar-refractivity contribution in [3.05, 3.63) is 23.8 Å². The van der Waals surface area contributed by atoms with Gasteiger partial charge in [0.15, 0.2) is 0 Å². The van der Waals surface area contributed by atoms with Gasteiger partial charge in [-0.2, -0.15) is 0 Å². The Morgan fingerprint density at radius 1 is 1.32 bits per heavy atom. The Kier molecular flexibility index (Phi) is 3.42. The van der Waals surface area contributed by atoms with E-state index in [2.05, 4.69) is 0 Å². The summed E-state index contributed by atoms with van der Waals surface area (Å²) >= 11 is 0. The van der Waals surface area contributed by atoms with E-state index in [-0.39, 0.29) is 11.8 Å². The molecule has 1 fully saturated rings. The van der Waals surface area contributed by atoms with Gasteiger partial charge in [0.2, 0.25) is 5.91 Å². The van der Waals surface area contributed by atoms with Gasteiger partial charge in [0.25, 0.3) is 0 Å². The average molecular weight is 260 g/mol. The number of ether oxygens (including phenoxy) is 1. The van der Waals surface area contributed by atoms with Gasteiger partial charge >= 0.3 is 0 Å². The maximum Gasteiger partial charge on any atom is 0.230 e. The van der Waals surface area contributed by atoms with Crippen molar-refractivity contribution in [3.63, 3.8) is 0 Å². The predicted molar refractivity (Wildman–Crippen MR) is 75.1 cm³/mol. The fourth-order valence-corrected chi connectivity index (χ4v) is 2.99. The lowest BCUT2D eigenvalue weighted by Gasteiger charge is -2.33. The summed E-state index contributed by atoms with van der Waals surface area (Å²) in [6, 6.07) is 5.90. The highest BCUT2D eigenvalue weighted by atomic mass is 16.5. The van der Waals surface area contributed by atoms with E-state index in [1.165, 1.54) is 5.56 Å². The first kappa shape index (κ1) is 12.5. The summed E-state index contributed by atoms with van der Waals surface area (Å²) in [4.78, 5) is 14.6. The van der Waals surface area contributed by atoms with Crippen LogP contribution in [0.2, 0.25) is 0 Å². The lowest BCUT2D eigenvalue weighted by Crippen LogP contribution is -2.41. The molecule has 1 aromatic carbocycles. The summed E-state index contributed by atoms with van der Waals surface area (Å²) in [5.41, 5.74) is 8.85. The summed E-state index contributed by atoms with van der Waals surface area (Å²) in [5.74, 6) is 0.357. The van der Waals surface area contributed by atoms with Crippen LogP contribution in [0.5, 0.6) is 0 Å². The number of amides is 1. The molecule has 0 radical (unpaired) electrons. The second-order valence-corrected chi connectivity index (χ2v) is 5.37. The van der Waals surface area contributed by atoms with Gasteiger partial charge in [0, 0.05) is 37.1 Å². The monoisotopic (exact) mass is 260 g/mol. The molecule has 0 saturated carbocycles. The van der Waals surface area contributed by atoms with Gasteiger partial charge in [-0.05, 0) is 43.4 Å². The van der Waals surface area contributed by atoms with Crippen LogP contribution in [-0.2, 0) is 16.0 Å². The number of anilines is 2. The number of rotatable bonds is 1. The van der Waals surface area contributed by atoms with E-state index in [9.17, 15) is 4.79 Å². The molecular formula is C15H20N2O2. The smallest absolute Gasteiger partial charge is 0.230 e. The van der Waals surface area contributed by atoms with Crippen molar-refractivity contribution in [2.45, 2.75) is 25.7 Å². The van der Waals surface area contributed by atoms with Crippen LogP contribution < -0.4 is 10.6 Å². The van der Waals surface area contributed by atoms with Crippen molar-refractivity contribution in [1.82, 2.24) is 0 Å². The summed E-state index contributed by atoms with van der Waals surface area (Å²) < 4.78 is 5.34. The van der Waals surface area contributed by atoms with Gasteiger partial charge in [0.1, 0.15) is 0 Å². The van der Waals surface area contributed by atoms with Crippen molar-refractivity contribution in [3.8, 4) is 0 Å². The largest absolute Gasteiger partial charge is 0.399 e.